The van der Waals surface area contributed by atoms with Crippen molar-refractivity contribution in [3.63, 3.8) is 0 Å². The lowest BCUT2D eigenvalue weighted by atomic mass is 9.91. The molecular weight excluding hydrogens is 365 g/mol. The van der Waals surface area contributed by atoms with Gasteiger partial charge in [0.1, 0.15) is 6.10 Å². The standard InChI is InChI=1S/C13H22BN5O8/c1-4(21)17-8-5(18-12(15)16)2-7(11(23)24)26-10(8)9(6(22)3-20)27-13(25)19-14/h2,5-6,8-10,20,22H,3,14H2,1H3,(H,17,21)(H,19,25)(H,23,24)(H4,15,16,18)/t5-,6+,8+,9+,10+/m0/s1. The Balaban J connectivity index is 3.38. The van der Waals surface area contributed by atoms with E-state index in [0.717, 1.165) is 6.08 Å². The number of amides is 2. The van der Waals surface area contributed by atoms with Gasteiger partial charge < -0.3 is 46.4 Å². The largest absolute Gasteiger partial charge is 0.477 e. The summed E-state index contributed by atoms with van der Waals surface area (Å²) >= 11 is 0. The first-order chi connectivity index (χ1) is 12.6. The maximum absolute atomic E-state index is 11.6. The van der Waals surface area contributed by atoms with E-state index < -0.39 is 66.7 Å². The van der Waals surface area contributed by atoms with E-state index >= 15 is 0 Å². The van der Waals surface area contributed by atoms with Crippen LogP contribution >= 0.6 is 0 Å². The fraction of sp³-hybridized carbons (Fsp3) is 0.538. The molecule has 0 aromatic carbocycles. The molecule has 1 rings (SSSR count). The van der Waals surface area contributed by atoms with Gasteiger partial charge in [0, 0.05) is 6.92 Å². The average Bonchev–Trinajstić information content (AvgIpc) is 2.59. The Labute approximate surface area is 154 Å². The second kappa shape index (κ2) is 9.63. The number of aliphatic hydroxyl groups is 2. The van der Waals surface area contributed by atoms with Crippen LogP contribution in [0.4, 0.5) is 4.79 Å². The second-order valence-corrected chi connectivity index (χ2v) is 5.60. The van der Waals surface area contributed by atoms with Gasteiger partial charge >= 0.3 is 12.1 Å². The zero-order chi connectivity index (χ0) is 20.7. The molecule has 9 N–H and O–H groups in total. The quantitative estimate of drug-likeness (QED) is 0.119. The first kappa shape index (κ1) is 22.0. The van der Waals surface area contributed by atoms with Crippen molar-refractivity contribution in [2.75, 3.05) is 6.61 Å². The second-order valence-electron chi connectivity index (χ2n) is 5.60. The van der Waals surface area contributed by atoms with Crippen LogP contribution in [0.5, 0.6) is 0 Å². The lowest BCUT2D eigenvalue weighted by Crippen LogP contribution is -2.64. The average molecular weight is 387 g/mol. The molecule has 0 aromatic rings. The molecule has 0 radical (unpaired) electrons. The van der Waals surface area contributed by atoms with Crippen molar-refractivity contribution in [3.8, 4) is 0 Å². The number of carboxylic acid groups (broad SMARTS) is 1. The predicted octanol–water partition coefficient (Wildman–Crippen LogP) is -4.29. The van der Waals surface area contributed by atoms with Crippen LogP contribution in [0.25, 0.3) is 0 Å². The van der Waals surface area contributed by atoms with Crippen LogP contribution in [0.1, 0.15) is 6.92 Å². The van der Waals surface area contributed by atoms with Crippen LogP contribution < -0.4 is 21.6 Å². The van der Waals surface area contributed by atoms with Gasteiger partial charge in [-0.2, -0.15) is 0 Å². The third-order valence-corrected chi connectivity index (χ3v) is 3.58. The molecule has 1 aliphatic rings. The number of ether oxygens (including phenoxy) is 2. The highest BCUT2D eigenvalue weighted by Gasteiger charge is 2.46. The van der Waals surface area contributed by atoms with Crippen molar-refractivity contribution in [2.24, 2.45) is 5.73 Å². The molecule has 14 heteroatoms. The summed E-state index contributed by atoms with van der Waals surface area (Å²) in [4.78, 5) is 34.6. The van der Waals surface area contributed by atoms with Crippen molar-refractivity contribution in [1.82, 2.24) is 15.9 Å². The highest BCUT2D eigenvalue weighted by Crippen LogP contribution is 2.25. The number of carbonyl (C=O) groups excluding carboxylic acids is 2. The van der Waals surface area contributed by atoms with Crippen molar-refractivity contribution in [3.05, 3.63) is 11.8 Å². The fourth-order valence-corrected chi connectivity index (χ4v) is 2.49. The Hall–Kier alpha value is -3.00. The topological polar surface area (TPSA) is 216 Å². The number of carboxylic acids is 1. The molecule has 0 aromatic heterocycles. The van der Waals surface area contributed by atoms with Gasteiger partial charge in [0.05, 0.1) is 18.7 Å². The van der Waals surface area contributed by atoms with E-state index in [1.54, 1.807) is 0 Å². The molecule has 27 heavy (non-hydrogen) atoms. The highest BCUT2D eigenvalue weighted by molar-refractivity contribution is 6.12. The number of nitrogens with one attached hydrogen (secondary N) is 4. The van der Waals surface area contributed by atoms with Crippen LogP contribution in [-0.2, 0) is 19.1 Å². The van der Waals surface area contributed by atoms with Crippen molar-refractivity contribution < 1.29 is 39.2 Å². The SMILES string of the molecule is BNC(=O)O[C@@H]([C@@H]1OC(C(=O)O)=C[C@H](NC(=N)N)[C@H]1NC(C)=O)[C@H](O)CO. The smallest absolute Gasteiger partial charge is 0.394 e. The highest BCUT2D eigenvalue weighted by atomic mass is 16.6. The van der Waals surface area contributed by atoms with Crippen molar-refractivity contribution in [1.29, 1.82) is 5.41 Å². The van der Waals surface area contributed by atoms with Gasteiger partial charge in [-0.1, -0.05) is 0 Å². The van der Waals surface area contributed by atoms with Crippen LogP contribution in [-0.4, -0.2) is 84.2 Å². The molecule has 0 saturated heterocycles. The van der Waals surface area contributed by atoms with Crippen molar-refractivity contribution in [2.45, 2.75) is 37.3 Å². The number of hydrogen-bond donors (Lipinski definition) is 8. The Morgan fingerprint density at radius 1 is 1.44 bits per heavy atom. The van der Waals surface area contributed by atoms with Crippen LogP contribution in [0.15, 0.2) is 11.8 Å². The molecule has 150 valence electrons. The minimum absolute atomic E-state index is 0.525. The van der Waals surface area contributed by atoms with Gasteiger partial charge in [0.15, 0.2) is 18.2 Å². The number of nitrogens with two attached hydrogens (primary N) is 1. The zero-order valence-electron chi connectivity index (χ0n) is 14.6. The molecular formula is C13H22BN5O8. The maximum atomic E-state index is 11.6. The zero-order valence-corrected chi connectivity index (χ0v) is 14.6. The third-order valence-electron chi connectivity index (χ3n) is 3.58. The first-order valence-electron chi connectivity index (χ1n) is 7.77. The molecule has 1 heterocycles. The Morgan fingerprint density at radius 2 is 2.07 bits per heavy atom. The molecule has 0 bridgehead atoms. The first-order valence-corrected chi connectivity index (χ1v) is 7.77. The summed E-state index contributed by atoms with van der Waals surface area (Å²) in [5.41, 5.74) is 5.30. The van der Waals surface area contributed by atoms with E-state index in [1.807, 2.05) is 0 Å². The minimum atomic E-state index is -1.66. The summed E-state index contributed by atoms with van der Waals surface area (Å²) in [7, 11) is 1.25. The Morgan fingerprint density at radius 3 is 2.52 bits per heavy atom. The summed E-state index contributed by atoms with van der Waals surface area (Å²) < 4.78 is 10.3. The number of aliphatic carboxylic acids is 1. The van der Waals surface area contributed by atoms with E-state index in [1.165, 1.54) is 14.9 Å². The number of guanidine groups is 1. The van der Waals surface area contributed by atoms with Gasteiger partial charge in [-0.15, -0.1) is 0 Å². The predicted molar refractivity (Wildman–Crippen MR) is 92.1 cm³/mol. The van der Waals surface area contributed by atoms with E-state index in [2.05, 4.69) is 15.9 Å². The number of aliphatic hydroxyl groups excluding tert-OH is 2. The normalized spacial score (nSPS) is 23.7. The van der Waals surface area contributed by atoms with E-state index in [0.29, 0.717) is 0 Å². The van der Waals surface area contributed by atoms with Gasteiger partial charge in [0.2, 0.25) is 19.6 Å². The number of rotatable bonds is 7. The number of carbonyl (C=O) groups is 3. The Bertz CT molecular complexity index is 630. The molecule has 13 nitrogen and oxygen atoms in total. The molecule has 1 aliphatic heterocycles. The van der Waals surface area contributed by atoms with Crippen molar-refractivity contribution >= 4 is 31.9 Å². The lowest BCUT2D eigenvalue weighted by molar-refractivity contribution is -0.146. The molecule has 0 aliphatic carbocycles. The van der Waals surface area contributed by atoms with E-state index in [9.17, 15) is 29.7 Å². The maximum Gasteiger partial charge on any atom is 0.394 e. The molecule has 0 unspecified atom stereocenters. The summed E-state index contributed by atoms with van der Waals surface area (Å²) in [6.45, 7) is 0.334. The summed E-state index contributed by atoms with van der Waals surface area (Å²) in [6.07, 6.45) is -4.56. The molecule has 2 amide bonds. The van der Waals surface area contributed by atoms with Crippen LogP contribution in [0.3, 0.4) is 0 Å². The fourth-order valence-electron chi connectivity index (χ4n) is 2.49. The number of hydrogen-bond acceptors (Lipinski definition) is 8. The third kappa shape index (κ3) is 6.04. The Kier molecular flexibility index (Phi) is 7.87. The van der Waals surface area contributed by atoms with Crippen LogP contribution in [0, 0.1) is 5.41 Å². The van der Waals surface area contributed by atoms with Gasteiger partial charge in [-0.25, -0.2) is 9.59 Å². The van der Waals surface area contributed by atoms with Gasteiger partial charge in [-0.05, 0) is 6.08 Å². The molecule has 0 fully saturated rings. The molecule has 0 spiro atoms. The van der Waals surface area contributed by atoms with E-state index in [-0.39, 0.29) is 0 Å². The van der Waals surface area contributed by atoms with Gasteiger partial charge in [-0.3, -0.25) is 10.2 Å². The summed E-state index contributed by atoms with van der Waals surface area (Å²) in [5.74, 6) is -3.14. The molecule has 5 atom stereocenters. The molecule has 0 saturated carbocycles. The van der Waals surface area contributed by atoms with E-state index in [4.69, 9.17) is 20.6 Å². The minimum Gasteiger partial charge on any atom is -0.477 e. The summed E-state index contributed by atoms with van der Waals surface area (Å²) in [6, 6.07) is -2.15. The monoisotopic (exact) mass is 387 g/mol. The van der Waals surface area contributed by atoms with Gasteiger partial charge in [0.25, 0.3) is 0 Å². The van der Waals surface area contributed by atoms with Crippen LogP contribution in [0.2, 0.25) is 0 Å². The lowest BCUT2D eigenvalue weighted by Gasteiger charge is -2.41. The summed E-state index contributed by atoms with van der Waals surface area (Å²) in [5, 5.41) is 43.0.